The van der Waals surface area contributed by atoms with Crippen molar-refractivity contribution >= 4 is 0 Å². The first-order chi connectivity index (χ1) is 9.31. The minimum Gasteiger partial charge on any atom is -0.454 e. The van der Waals surface area contributed by atoms with E-state index in [4.69, 9.17) is 14.2 Å². The van der Waals surface area contributed by atoms with Crippen molar-refractivity contribution in [3.05, 3.63) is 23.8 Å². The van der Waals surface area contributed by atoms with E-state index in [0.29, 0.717) is 12.8 Å². The van der Waals surface area contributed by atoms with Gasteiger partial charge in [-0.15, -0.1) is 0 Å². The first-order valence-corrected chi connectivity index (χ1v) is 7.02. The van der Waals surface area contributed by atoms with Crippen LogP contribution in [0.5, 0.6) is 11.5 Å². The molecule has 0 bridgehead atoms. The predicted molar refractivity (Wildman–Crippen MR) is 74.7 cm³/mol. The van der Waals surface area contributed by atoms with E-state index in [2.05, 4.69) is 25.2 Å². The highest BCUT2D eigenvalue weighted by atomic mass is 16.7. The summed E-state index contributed by atoms with van der Waals surface area (Å²) in [6.07, 6.45) is 2.12. The molecule has 0 radical (unpaired) electrons. The number of rotatable bonds is 8. The fourth-order valence-electron chi connectivity index (χ4n) is 2.04. The highest BCUT2D eigenvalue weighted by Gasteiger charge is 2.15. The van der Waals surface area contributed by atoms with Gasteiger partial charge in [-0.25, -0.2) is 0 Å². The van der Waals surface area contributed by atoms with Gasteiger partial charge in [0.1, 0.15) is 0 Å². The van der Waals surface area contributed by atoms with Crippen LogP contribution in [0.1, 0.15) is 38.3 Å². The summed E-state index contributed by atoms with van der Waals surface area (Å²) < 4.78 is 16.2. The Balaban J connectivity index is 1.72. The van der Waals surface area contributed by atoms with Crippen LogP contribution in [-0.4, -0.2) is 26.6 Å². The zero-order valence-corrected chi connectivity index (χ0v) is 11.8. The zero-order chi connectivity index (χ0) is 13.5. The minimum absolute atomic E-state index is 0.306. The molecule has 0 aliphatic carbocycles. The summed E-state index contributed by atoms with van der Waals surface area (Å²) in [5.41, 5.74) is 1.22. The van der Waals surface area contributed by atoms with Gasteiger partial charge >= 0.3 is 0 Å². The second-order valence-corrected chi connectivity index (χ2v) is 4.75. The summed E-state index contributed by atoms with van der Waals surface area (Å²) in [5.74, 6) is 1.68. The van der Waals surface area contributed by atoms with Gasteiger partial charge < -0.3 is 19.5 Å². The molecule has 1 aromatic carbocycles. The molecule has 0 saturated heterocycles. The van der Waals surface area contributed by atoms with Crippen LogP contribution in [0, 0.1) is 0 Å². The first kappa shape index (κ1) is 14.2. The minimum atomic E-state index is 0.306. The molecule has 0 saturated carbocycles. The summed E-state index contributed by atoms with van der Waals surface area (Å²) in [4.78, 5) is 0. The smallest absolute Gasteiger partial charge is 0.231 e. The molecule has 1 heterocycles. The van der Waals surface area contributed by atoms with Crippen LogP contribution in [0.25, 0.3) is 0 Å². The van der Waals surface area contributed by atoms with Crippen LogP contribution >= 0.6 is 0 Å². The largest absolute Gasteiger partial charge is 0.454 e. The van der Waals surface area contributed by atoms with Crippen molar-refractivity contribution in [3.8, 4) is 11.5 Å². The normalized spacial score (nSPS) is 14.6. The average molecular weight is 265 g/mol. The maximum Gasteiger partial charge on any atom is 0.231 e. The molecule has 0 fully saturated rings. The highest BCUT2D eigenvalue weighted by Crippen LogP contribution is 2.34. The molecule has 19 heavy (non-hydrogen) atoms. The third kappa shape index (κ3) is 4.11. The monoisotopic (exact) mass is 265 g/mol. The van der Waals surface area contributed by atoms with Crippen molar-refractivity contribution in [3.63, 3.8) is 0 Å². The Bertz CT molecular complexity index is 395. The van der Waals surface area contributed by atoms with E-state index in [1.165, 1.54) is 5.56 Å². The van der Waals surface area contributed by atoms with Gasteiger partial charge in [-0.05, 0) is 44.0 Å². The molecular formula is C15H23NO3. The standard InChI is InChI=1S/C15H23NO3/c1-3-8-17-9-4-7-16-12(2)13-5-6-14-15(10-13)19-11-18-14/h5-6,10,12,16H,3-4,7-9,11H2,1-2H3. The quantitative estimate of drug-likeness (QED) is 0.734. The lowest BCUT2D eigenvalue weighted by Gasteiger charge is -2.14. The number of benzene rings is 1. The molecule has 0 spiro atoms. The second kappa shape index (κ2) is 7.36. The van der Waals surface area contributed by atoms with Crippen LogP contribution in [0.15, 0.2) is 18.2 Å². The molecule has 0 aromatic heterocycles. The Morgan fingerprint density at radius 3 is 2.95 bits per heavy atom. The molecule has 4 heteroatoms. The van der Waals surface area contributed by atoms with Crippen molar-refractivity contribution < 1.29 is 14.2 Å². The molecule has 1 unspecified atom stereocenters. The van der Waals surface area contributed by atoms with Gasteiger partial charge in [-0.3, -0.25) is 0 Å². The molecule has 0 amide bonds. The van der Waals surface area contributed by atoms with Crippen LogP contribution in [0.4, 0.5) is 0 Å². The molecule has 4 nitrogen and oxygen atoms in total. The maximum atomic E-state index is 5.45. The van der Waals surface area contributed by atoms with Crippen LogP contribution in [-0.2, 0) is 4.74 Å². The van der Waals surface area contributed by atoms with E-state index < -0.39 is 0 Å². The van der Waals surface area contributed by atoms with Gasteiger partial charge in [0.05, 0.1) is 0 Å². The molecule has 2 rings (SSSR count). The molecule has 1 aliphatic heterocycles. The number of hydrogen-bond acceptors (Lipinski definition) is 4. The summed E-state index contributed by atoms with van der Waals surface area (Å²) in [6, 6.07) is 6.41. The van der Waals surface area contributed by atoms with Gasteiger partial charge in [0.25, 0.3) is 0 Å². The lowest BCUT2D eigenvalue weighted by molar-refractivity contribution is 0.132. The summed E-state index contributed by atoms with van der Waals surface area (Å²) in [7, 11) is 0. The van der Waals surface area contributed by atoms with Crippen LogP contribution < -0.4 is 14.8 Å². The molecule has 1 aromatic rings. The predicted octanol–water partition coefficient (Wildman–Crippen LogP) is 2.88. The Morgan fingerprint density at radius 2 is 2.11 bits per heavy atom. The number of hydrogen-bond donors (Lipinski definition) is 1. The fraction of sp³-hybridized carbons (Fsp3) is 0.600. The Morgan fingerprint density at radius 1 is 1.26 bits per heavy atom. The topological polar surface area (TPSA) is 39.7 Å². The lowest BCUT2D eigenvalue weighted by Crippen LogP contribution is -2.21. The van der Waals surface area contributed by atoms with Gasteiger partial charge in [0.2, 0.25) is 6.79 Å². The summed E-state index contributed by atoms with van der Waals surface area (Å²) in [6.45, 7) is 7.26. The van der Waals surface area contributed by atoms with Crippen molar-refractivity contribution in [2.75, 3.05) is 26.6 Å². The lowest BCUT2D eigenvalue weighted by atomic mass is 10.1. The molecular weight excluding hydrogens is 242 g/mol. The Hall–Kier alpha value is -1.26. The highest BCUT2D eigenvalue weighted by molar-refractivity contribution is 5.45. The van der Waals surface area contributed by atoms with Crippen molar-refractivity contribution in [2.45, 2.75) is 32.7 Å². The molecule has 106 valence electrons. The van der Waals surface area contributed by atoms with E-state index >= 15 is 0 Å². The van der Waals surface area contributed by atoms with Crippen LogP contribution in [0.3, 0.4) is 0 Å². The summed E-state index contributed by atoms with van der Waals surface area (Å²) >= 11 is 0. The number of nitrogens with one attached hydrogen (secondary N) is 1. The number of ether oxygens (including phenoxy) is 3. The fourth-order valence-corrected chi connectivity index (χ4v) is 2.04. The molecule has 1 atom stereocenters. The second-order valence-electron chi connectivity index (χ2n) is 4.75. The van der Waals surface area contributed by atoms with E-state index in [-0.39, 0.29) is 0 Å². The average Bonchev–Trinajstić information content (AvgIpc) is 2.89. The third-order valence-corrected chi connectivity index (χ3v) is 3.16. The van der Waals surface area contributed by atoms with E-state index in [1.54, 1.807) is 0 Å². The molecule has 1 aliphatic rings. The number of fused-ring (bicyclic) bond motifs is 1. The van der Waals surface area contributed by atoms with Gasteiger partial charge in [0.15, 0.2) is 11.5 Å². The summed E-state index contributed by atoms with van der Waals surface area (Å²) in [5, 5.41) is 3.49. The van der Waals surface area contributed by atoms with E-state index in [1.807, 2.05) is 12.1 Å². The van der Waals surface area contributed by atoms with Crippen LogP contribution in [0.2, 0.25) is 0 Å². The SMILES string of the molecule is CCCOCCCNC(C)c1ccc2c(c1)OCO2. The first-order valence-electron chi connectivity index (χ1n) is 7.02. The Labute approximate surface area is 115 Å². The van der Waals surface area contributed by atoms with Gasteiger partial charge in [-0.1, -0.05) is 13.0 Å². The van der Waals surface area contributed by atoms with E-state index in [0.717, 1.165) is 44.1 Å². The maximum absolute atomic E-state index is 5.45. The Kier molecular flexibility index (Phi) is 5.48. The van der Waals surface area contributed by atoms with Crippen molar-refractivity contribution in [2.24, 2.45) is 0 Å². The molecule has 1 N–H and O–H groups in total. The van der Waals surface area contributed by atoms with Crippen molar-refractivity contribution in [1.82, 2.24) is 5.32 Å². The van der Waals surface area contributed by atoms with E-state index in [9.17, 15) is 0 Å². The third-order valence-electron chi connectivity index (χ3n) is 3.16. The van der Waals surface area contributed by atoms with Gasteiger partial charge in [-0.2, -0.15) is 0 Å². The van der Waals surface area contributed by atoms with Crippen molar-refractivity contribution in [1.29, 1.82) is 0 Å². The van der Waals surface area contributed by atoms with Gasteiger partial charge in [0, 0.05) is 19.3 Å². The zero-order valence-electron chi connectivity index (χ0n) is 11.8.